The van der Waals surface area contributed by atoms with E-state index in [4.69, 9.17) is 11.6 Å². The summed E-state index contributed by atoms with van der Waals surface area (Å²) in [5, 5.41) is 4.40. The summed E-state index contributed by atoms with van der Waals surface area (Å²) in [7, 11) is 0. The van der Waals surface area contributed by atoms with E-state index in [1.165, 1.54) is 11.3 Å². The van der Waals surface area contributed by atoms with E-state index in [1.54, 1.807) is 0 Å². The average molecular weight is 267 g/mol. The van der Waals surface area contributed by atoms with Gasteiger partial charge in [0.2, 0.25) is 0 Å². The number of nitrogens with one attached hydrogen (secondary N) is 1. The lowest BCUT2D eigenvalue weighted by Crippen LogP contribution is -2.49. The molecule has 100 valence electrons. The molecular weight excluding hydrogens is 244 g/mol. The van der Waals surface area contributed by atoms with Crippen LogP contribution in [-0.2, 0) is 0 Å². The minimum Gasteiger partial charge on any atom is -0.365 e. The van der Waals surface area contributed by atoms with Gasteiger partial charge in [-0.25, -0.2) is 0 Å². The molecule has 0 bridgehead atoms. The predicted molar refractivity (Wildman–Crippen MR) is 79.6 cm³/mol. The van der Waals surface area contributed by atoms with Crippen LogP contribution in [-0.4, -0.2) is 25.2 Å². The molecule has 2 rings (SSSR count). The molecule has 1 fully saturated rings. The van der Waals surface area contributed by atoms with Crippen molar-refractivity contribution < 1.29 is 0 Å². The van der Waals surface area contributed by atoms with Crippen molar-refractivity contribution in [3.8, 4) is 0 Å². The van der Waals surface area contributed by atoms with Crippen molar-refractivity contribution in [2.75, 3.05) is 24.5 Å². The van der Waals surface area contributed by atoms with E-state index in [2.05, 4.69) is 44.0 Å². The Labute approximate surface area is 115 Å². The maximum absolute atomic E-state index is 6.26. The second-order valence-corrected chi connectivity index (χ2v) is 6.45. The van der Waals surface area contributed by atoms with Gasteiger partial charge >= 0.3 is 0 Å². The van der Waals surface area contributed by atoms with Gasteiger partial charge < -0.3 is 10.2 Å². The molecular formula is C15H23ClN2. The third-order valence-electron chi connectivity index (χ3n) is 3.81. The van der Waals surface area contributed by atoms with Crippen molar-refractivity contribution in [1.82, 2.24) is 5.32 Å². The average Bonchev–Trinajstić information content (AvgIpc) is 2.42. The number of halogens is 1. The molecule has 1 aromatic rings. The fourth-order valence-electron chi connectivity index (χ4n) is 2.66. The molecule has 0 radical (unpaired) electrons. The normalized spacial score (nSPS) is 23.8. The fraction of sp³-hybridized carbons (Fsp3) is 0.600. The first kappa shape index (κ1) is 13.7. The minimum absolute atomic E-state index is 0.111. The first-order valence-electron chi connectivity index (χ1n) is 6.65. The Kier molecular flexibility index (Phi) is 3.88. The Hall–Kier alpha value is -0.730. The van der Waals surface area contributed by atoms with E-state index < -0.39 is 0 Å². The number of rotatable bonds is 1. The number of hydrogen-bond acceptors (Lipinski definition) is 2. The zero-order chi connectivity index (χ0) is 13.3. The van der Waals surface area contributed by atoms with Crippen LogP contribution in [0.25, 0.3) is 0 Å². The topological polar surface area (TPSA) is 15.3 Å². The maximum Gasteiger partial charge on any atom is 0.0470 e. The van der Waals surface area contributed by atoms with Gasteiger partial charge in [-0.1, -0.05) is 24.6 Å². The van der Waals surface area contributed by atoms with Crippen molar-refractivity contribution in [2.24, 2.45) is 5.92 Å². The molecule has 1 N–H and O–H groups in total. The number of hydrogen-bond donors (Lipinski definition) is 1. The summed E-state index contributed by atoms with van der Waals surface area (Å²) in [6.45, 7) is 12.1. The quantitative estimate of drug-likeness (QED) is 0.837. The summed E-state index contributed by atoms with van der Waals surface area (Å²) >= 11 is 6.26. The van der Waals surface area contributed by atoms with Crippen LogP contribution in [0.3, 0.4) is 0 Å². The lowest BCUT2D eigenvalue weighted by atomic mass is 9.99. The monoisotopic (exact) mass is 266 g/mol. The molecule has 0 amide bonds. The molecule has 0 spiro atoms. The van der Waals surface area contributed by atoms with Gasteiger partial charge in [-0.15, -0.1) is 0 Å². The first-order valence-corrected chi connectivity index (χ1v) is 7.03. The Bertz CT molecular complexity index is 429. The summed E-state index contributed by atoms with van der Waals surface area (Å²) in [6.07, 6.45) is 0. The summed E-state index contributed by atoms with van der Waals surface area (Å²) in [6, 6.07) is 6.19. The smallest absolute Gasteiger partial charge is 0.0470 e. The van der Waals surface area contributed by atoms with Crippen LogP contribution in [0.1, 0.15) is 26.3 Å². The summed E-state index contributed by atoms with van der Waals surface area (Å²) in [5.74, 6) is 0.644. The van der Waals surface area contributed by atoms with Crippen molar-refractivity contribution in [1.29, 1.82) is 0 Å². The Morgan fingerprint density at radius 3 is 2.83 bits per heavy atom. The highest BCUT2D eigenvalue weighted by molar-refractivity contribution is 6.31. The highest BCUT2D eigenvalue weighted by Crippen LogP contribution is 2.32. The van der Waals surface area contributed by atoms with Crippen LogP contribution >= 0.6 is 11.6 Å². The second kappa shape index (κ2) is 5.10. The Morgan fingerprint density at radius 1 is 1.39 bits per heavy atom. The maximum atomic E-state index is 6.26. The third-order valence-corrected chi connectivity index (χ3v) is 4.21. The minimum atomic E-state index is 0.111. The molecule has 0 saturated carbocycles. The van der Waals surface area contributed by atoms with Crippen LogP contribution in [0.2, 0.25) is 5.02 Å². The SMILES string of the molecule is Cc1c(Cl)cccc1N1CC(C)CNCC1(C)C. The van der Waals surface area contributed by atoms with Crippen LogP contribution in [0.5, 0.6) is 0 Å². The van der Waals surface area contributed by atoms with Crippen molar-refractivity contribution >= 4 is 17.3 Å². The van der Waals surface area contributed by atoms with Gasteiger partial charge in [0.1, 0.15) is 0 Å². The van der Waals surface area contributed by atoms with Crippen LogP contribution in [0.15, 0.2) is 18.2 Å². The van der Waals surface area contributed by atoms with Gasteiger partial charge in [0.05, 0.1) is 0 Å². The van der Waals surface area contributed by atoms with Gasteiger partial charge in [0.15, 0.2) is 0 Å². The van der Waals surface area contributed by atoms with Gasteiger partial charge in [-0.2, -0.15) is 0 Å². The Balaban J connectivity index is 2.41. The zero-order valence-electron chi connectivity index (χ0n) is 11.8. The number of anilines is 1. The molecule has 1 heterocycles. The lowest BCUT2D eigenvalue weighted by Gasteiger charge is -2.40. The van der Waals surface area contributed by atoms with E-state index >= 15 is 0 Å². The van der Waals surface area contributed by atoms with Crippen LogP contribution < -0.4 is 10.2 Å². The molecule has 0 aliphatic carbocycles. The summed E-state index contributed by atoms with van der Waals surface area (Å²) in [5.41, 5.74) is 2.56. The van der Waals surface area contributed by atoms with Crippen molar-refractivity contribution in [3.63, 3.8) is 0 Å². The molecule has 18 heavy (non-hydrogen) atoms. The second-order valence-electron chi connectivity index (χ2n) is 6.04. The molecule has 2 nitrogen and oxygen atoms in total. The van der Waals surface area contributed by atoms with E-state index in [0.717, 1.165) is 24.7 Å². The number of nitrogens with zero attached hydrogens (tertiary/aromatic N) is 1. The van der Waals surface area contributed by atoms with Crippen LogP contribution in [0.4, 0.5) is 5.69 Å². The van der Waals surface area contributed by atoms with E-state index in [1.807, 2.05) is 12.1 Å². The largest absolute Gasteiger partial charge is 0.365 e. The van der Waals surface area contributed by atoms with Gasteiger partial charge in [-0.05, 0) is 50.9 Å². The summed E-state index contributed by atoms with van der Waals surface area (Å²) < 4.78 is 0. The van der Waals surface area contributed by atoms with Crippen molar-refractivity contribution in [2.45, 2.75) is 33.2 Å². The third kappa shape index (κ3) is 2.65. The Morgan fingerprint density at radius 2 is 2.11 bits per heavy atom. The van der Waals surface area contributed by atoms with Crippen molar-refractivity contribution in [3.05, 3.63) is 28.8 Å². The molecule has 1 unspecified atom stereocenters. The highest BCUT2D eigenvalue weighted by Gasteiger charge is 2.31. The fourth-order valence-corrected chi connectivity index (χ4v) is 2.83. The zero-order valence-corrected chi connectivity index (χ0v) is 12.5. The molecule has 3 heteroatoms. The predicted octanol–water partition coefficient (Wildman–Crippen LogP) is 3.47. The summed E-state index contributed by atoms with van der Waals surface area (Å²) in [4.78, 5) is 2.50. The number of benzene rings is 1. The van der Waals surface area contributed by atoms with Gasteiger partial charge in [0.25, 0.3) is 0 Å². The van der Waals surface area contributed by atoms with Gasteiger partial charge in [-0.3, -0.25) is 0 Å². The molecule has 0 aromatic heterocycles. The highest BCUT2D eigenvalue weighted by atomic mass is 35.5. The first-order chi connectivity index (χ1) is 8.42. The van der Waals surface area contributed by atoms with Crippen LogP contribution in [0, 0.1) is 12.8 Å². The molecule has 1 aliphatic heterocycles. The van der Waals surface area contributed by atoms with E-state index in [-0.39, 0.29) is 5.54 Å². The molecule has 1 saturated heterocycles. The molecule has 1 aliphatic rings. The lowest BCUT2D eigenvalue weighted by molar-refractivity contribution is 0.459. The molecule has 1 atom stereocenters. The van der Waals surface area contributed by atoms with E-state index in [0.29, 0.717) is 5.92 Å². The van der Waals surface area contributed by atoms with E-state index in [9.17, 15) is 0 Å². The molecule has 1 aromatic carbocycles. The van der Waals surface area contributed by atoms with Gasteiger partial charge in [0, 0.05) is 29.3 Å². The standard InChI is InChI=1S/C15H23ClN2/c1-11-8-17-10-15(3,4)18(9-11)14-7-5-6-13(16)12(14)2/h5-7,11,17H,8-10H2,1-4H3.